The first-order chi connectivity index (χ1) is 10.4. The summed E-state index contributed by atoms with van der Waals surface area (Å²) in [5, 5.41) is 15.6. The maximum Gasteiger partial charge on any atom is 0.328 e. The second kappa shape index (κ2) is 10.6. The van der Waals surface area contributed by atoms with E-state index >= 15 is 0 Å². The molecule has 0 aliphatic heterocycles. The molecular weight excluding hydrogens is 282 g/mol. The zero-order valence-corrected chi connectivity index (χ0v) is 13.5. The predicted molar refractivity (Wildman–Crippen MR) is 86.4 cm³/mol. The van der Waals surface area contributed by atoms with Gasteiger partial charge >= 0.3 is 11.9 Å². The van der Waals surface area contributed by atoms with Crippen molar-refractivity contribution in [3.8, 4) is 0 Å². The van der Waals surface area contributed by atoms with Crippen molar-refractivity contribution in [3.63, 3.8) is 0 Å². The second-order valence-corrected chi connectivity index (χ2v) is 4.94. The first-order valence-corrected chi connectivity index (χ1v) is 7.42. The van der Waals surface area contributed by atoms with E-state index in [4.69, 9.17) is 10.2 Å². The lowest BCUT2D eigenvalue weighted by atomic mass is 10.2. The standard InChI is InChI=1S/C13H22N.C4H4O4/c1-4-14(5-2,6-3)12-13-10-8-7-9-11-13;5-3(6)1-2-4(7)8/h7-11H,4-6,12H2,1-3H3;1-2H,(H,5,6)(H,7,8)/q+1;/b;2-1-. The second-order valence-electron chi connectivity index (χ2n) is 4.94. The zero-order chi connectivity index (χ0) is 17.0. The van der Waals surface area contributed by atoms with Crippen LogP contribution in [0.2, 0.25) is 0 Å². The molecule has 0 aromatic heterocycles. The molecule has 0 bridgehead atoms. The monoisotopic (exact) mass is 308 g/mol. The summed E-state index contributed by atoms with van der Waals surface area (Å²) in [6.07, 6.45) is 1.12. The Morgan fingerprint density at radius 1 is 0.909 bits per heavy atom. The Morgan fingerprint density at radius 3 is 1.64 bits per heavy atom. The number of quaternary nitrogens is 1. The SMILES string of the molecule is CC[N+](CC)(CC)Cc1ccccc1.O=C(O)/C=C\C(=O)O. The fourth-order valence-electron chi connectivity index (χ4n) is 2.12. The average Bonchev–Trinajstić information content (AvgIpc) is 2.52. The maximum atomic E-state index is 9.55. The molecule has 1 aromatic carbocycles. The van der Waals surface area contributed by atoms with Gasteiger partial charge < -0.3 is 14.7 Å². The van der Waals surface area contributed by atoms with Crippen molar-refractivity contribution in [2.24, 2.45) is 0 Å². The van der Waals surface area contributed by atoms with Gasteiger partial charge in [-0.1, -0.05) is 30.3 Å². The van der Waals surface area contributed by atoms with Crippen molar-refractivity contribution in [3.05, 3.63) is 48.0 Å². The zero-order valence-electron chi connectivity index (χ0n) is 13.5. The summed E-state index contributed by atoms with van der Waals surface area (Å²) in [4.78, 5) is 19.1. The first-order valence-electron chi connectivity index (χ1n) is 7.42. The minimum Gasteiger partial charge on any atom is -0.478 e. The number of carbonyl (C=O) groups is 2. The topological polar surface area (TPSA) is 74.6 Å². The van der Waals surface area contributed by atoms with Crippen LogP contribution in [0.25, 0.3) is 0 Å². The Kier molecular flexibility index (Phi) is 9.54. The molecule has 0 aliphatic carbocycles. The summed E-state index contributed by atoms with van der Waals surface area (Å²) in [6.45, 7) is 11.7. The molecule has 22 heavy (non-hydrogen) atoms. The molecule has 1 aromatic rings. The van der Waals surface area contributed by atoms with Crippen molar-refractivity contribution in [1.82, 2.24) is 0 Å². The fraction of sp³-hybridized carbons (Fsp3) is 0.412. The van der Waals surface area contributed by atoms with Gasteiger partial charge in [0.15, 0.2) is 0 Å². The highest BCUT2D eigenvalue weighted by atomic mass is 16.4. The number of hydrogen-bond donors (Lipinski definition) is 2. The van der Waals surface area contributed by atoms with E-state index in [1.165, 1.54) is 36.2 Å². The van der Waals surface area contributed by atoms with Crippen LogP contribution < -0.4 is 0 Å². The summed E-state index contributed by atoms with van der Waals surface area (Å²) in [5.41, 5.74) is 1.46. The highest BCUT2D eigenvalue weighted by molar-refractivity contribution is 5.89. The molecule has 0 spiro atoms. The molecule has 122 valence electrons. The Morgan fingerprint density at radius 2 is 1.32 bits per heavy atom. The summed E-state index contributed by atoms with van der Waals surface area (Å²) in [7, 11) is 0. The predicted octanol–water partition coefficient (Wildman–Crippen LogP) is 2.77. The minimum atomic E-state index is -1.26. The van der Waals surface area contributed by atoms with Gasteiger partial charge in [-0.25, -0.2) is 9.59 Å². The van der Waals surface area contributed by atoms with E-state index in [1.807, 2.05) is 0 Å². The van der Waals surface area contributed by atoms with Gasteiger partial charge in [-0.2, -0.15) is 0 Å². The Balaban J connectivity index is 0.000000472. The number of aliphatic carboxylic acids is 2. The van der Waals surface area contributed by atoms with E-state index in [9.17, 15) is 9.59 Å². The normalized spacial score (nSPS) is 10.9. The minimum absolute atomic E-state index is 0.558. The summed E-state index contributed by atoms with van der Waals surface area (Å²) in [6, 6.07) is 10.8. The largest absolute Gasteiger partial charge is 0.478 e. The van der Waals surface area contributed by atoms with Crippen molar-refractivity contribution in [1.29, 1.82) is 0 Å². The van der Waals surface area contributed by atoms with E-state index in [0.29, 0.717) is 12.2 Å². The van der Waals surface area contributed by atoms with Crippen LogP contribution in [-0.2, 0) is 16.1 Å². The number of carboxylic acids is 2. The Labute approximate surface area is 132 Å². The quantitative estimate of drug-likeness (QED) is 0.600. The lowest BCUT2D eigenvalue weighted by Crippen LogP contribution is -2.46. The summed E-state index contributed by atoms with van der Waals surface area (Å²) >= 11 is 0. The van der Waals surface area contributed by atoms with Crippen molar-refractivity contribution < 1.29 is 24.3 Å². The molecule has 0 amide bonds. The van der Waals surface area contributed by atoms with Gasteiger partial charge in [0.05, 0.1) is 19.6 Å². The van der Waals surface area contributed by atoms with Gasteiger partial charge in [0, 0.05) is 17.7 Å². The molecule has 0 atom stereocenters. The van der Waals surface area contributed by atoms with E-state index in [2.05, 4.69) is 51.1 Å². The molecule has 5 heteroatoms. The molecular formula is C17H26NO4+. The lowest BCUT2D eigenvalue weighted by molar-refractivity contribution is -0.936. The van der Waals surface area contributed by atoms with Gasteiger partial charge in [-0.05, 0) is 20.8 Å². The number of carboxylic acid groups (broad SMARTS) is 2. The van der Waals surface area contributed by atoms with Crippen LogP contribution in [0.4, 0.5) is 0 Å². The van der Waals surface area contributed by atoms with Crippen LogP contribution in [-0.4, -0.2) is 46.3 Å². The van der Waals surface area contributed by atoms with Crippen LogP contribution in [0.5, 0.6) is 0 Å². The molecule has 5 nitrogen and oxygen atoms in total. The Hall–Kier alpha value is -2.14. The number of rotatable bonds is 7. The highest BCUT2D eigenvalue weighted by Gasteiger charge is 2.20. The molecule has 1 rings (SSSR count). The smallest absolute Gasteiger partial charge is 0.328 e. The average molecular weight is 308 g/mol. The van der Waals surface area contributed by atoms with Crippen molar-refractivity contribution in [2.45, 2.75) is 27.3 Å². The molecule has 0 saturated carbocycles. The third-order valence-electron chi connectivity index (χ3n) is 3.74. The van der Waals surface area contributed by atoms with Gasteiger partial charge in [-0.3, -0.25) is 0 Å². The van der Waals surface area contributed by atoms with Gasteiger partial charge in [0.2, 0.25) is 0 Å². The van der Waals surface area contributed by atoms with Gasteiger partial charge in [0.1, 0.15) is 6.54 Å². The third-order valence-corrected chi connectivity index (χ3v) is 3.74. The molecule has 0 fully saturated rings. The lowest BCUT2D eigenvalue weighted by Gasteiger charge is -2.35. The van der Waals surface area contributed by atoms with Crippen LogP contribution in [0.1, 0.15) is 26.3 Å². The molecule has 0 radical (unpaired) electrons. The van der Waals surface area contributed by atoms with Gasteiger partial charge in [0.25, 0.3) is 0 Å². The number of nitrogens with zero attached hydrogens (tertiary/aromatic N) is 1. The van der Waals surface area contributed by atoms with E-state index in [-0.39, 0.29) is 0 Å². The molecule has 0 heterocycles. The number of benzene rings is 1. The fourth-order valence-corrected chi connectivity index (χ4v) is 2.12. The van der Waals surface area contributed by atoms with E-state index in [0.717, 1.165) is 0 Å². The molecule has 0 unspecified atom stereocenters. The number of hydrogen-bond acceptors (Lipinski definition) is 2. The van der Waals surface area contributed by atoms with Gasteiger partial charge in [-0.15, -0.1) is 0 Å². The summed E-state index contributed by atoms with van der Waals surface area (Å²) < 4.78 is 1.20. The molecule has 0 saturated heterocycles. The van der Waals surface area contributed by atoms with Crippen molar-refractivity contribution in [2.75, 3.05) is 19.6 Å². The van der Waals surface area contributed by atoms with E-state index < -0.39 is 11.9 Å². The first kappa shape index (κ1) is 19.9. The highest BCUT2D eigenvalue weighted by Crippen LogP contribution is 2.13. The molecule has 2 N–H and O–H groups in total. The summed E-state index contributed by atoms with van der Waals surface area (Å²) in [5.74, 6) is -2.51. The maximum absolute atomic E-state index is 9.55. The molecule has 0 aliphatic rings. The van der Waals surface area contributed by atoms with E-state index in [1.54, 1.807) is 0 Å². The van der Waals surface area contributed by atoms with Crippen LogP contribution in [0, 0.1) is 0 Å². The van der Waals surface area contributed by atoms with Crippen molar-refractivity contribution >= 4 is 11.9 Å². The van der Waals surface area contributed by atoms with Crippen LogP contribution in [0.3, 0.4) is 0 Å². The van der Waals surface area contributed by atoms with Crippen LogP contribution >= 0.6 is 0 Å². The third kappa shape index (κ3) is 8.21. The van der Waals surface area contributed by atoms with Crippen LogP contribution in [0.15, 0.2) is 42.5 Å². The Bertz CT molecular complexity index is 454.